The van der Waals surface area contributed by atoms with Gasteiger partial charge in [0.05, 0.1) is 29.7 Å². The molecule has 4 nitrogen and oxygen atoms in total. The molecule has 19 heavy (non-hydrogen) atoms. The zero-order valence-corrected chi connectivity index (χ0v) is 9.91. The topological polar surface area (TPSA) is 42.7 Å². The summed E-state index contributed by atoms with van der Waals surface area (Å²) in [5.41, 5.74) is 1.14. The number of nitrogens with zero attached hydrogens (tertiary/aromatic N) is 3. The summed E-state index contributed by atoms with van der Waals surface area (Å²) >= 11 is 0. The molecular weight excluding hydrogens is 257 g/mol. The van der Waals surface area contributed by atoms with E-state index in [1.165, 1.54) is 6.20 Å². The molecule has 0 saturated carbocycles. The van der Waals surface area contributed by atoms with Crippen LogP contribution in [-0.4, -0.2) is 21.3 Å². The van der Waals surface area contributed by atoms with Gasteiger partial charge in [-0.25, -0.2) is 0 Å². The molecule has 3 rings (SSSR count). The molecule has 0 amide bonds. The Kier molecular flexibility index (Phi) is 2.78. The lowest BCUT2D eigenvalue weighted by molar-refractivity contribution is -0.137. The quantitative estimate of drug-likeness (QED) is 0.861. The molecule has 0 saturated heterocycles. The molecule has 0 spiro atoms. The van der Waals surface area contributed by atoms with Gasteiger partial charge in [0.25, 0.3) is 0 Å². The van der Waals surface area contributed by atoms with Crippen molar-refractivity contribution in [1.82, 2.24) is 20.1 Å². The van der Waals surface area contributed by atoms with Crippen molar-refractivity contribution >= 4 is 0 Å². The smallest absolute Gasteiger partial charge is 0.309 e. The molecule has 1 aliphatic heterocycles. The Morgan fingerprint density at radius 1 is 1.32 bits per heavy atom. The molecule has 0 fully saturated rings. The molecule has 0 bridgehead atoms. The highest BCUT2D eigenvalue weighted by atomic mass is 19.4. The van der Waals surface area contributed by atoms with Crippen molar-refractivity contribution in [2.24, 2.45) is 0 Å². The molecule has 7 heteroatoms. The minimum atomic E-state index is -4.36. The van der Waals surface area contributed by atoms with Crippen molar-refractivity contribution in [3.8, 4) is 11.3 Å². The van der Waals surface area contributed by atoms with E-state index in [9.17, 15) is 13.2 Å². The summed E-state index contributed by atoms with van der Waals surface area (Å²) in [5.74, 6) is 0. The average molecular weight is 268 g/mol. The number of nitrogens with one attached hydrogen (secondary N) is 1. The van der Waals surface area contributed by atoms with E-state index in [4.69, 9.17) is 0 Å². The van der Waals surface area contributed by atoms with Crippen LogP contribution in [0.4, 0.5) is 13.2 Å². The molecular formula is C12H11F3N4. The van der Waals surface area contributed by atoms with Gasteiger partial charge in [-0.15, -0.1) is 0 Å². The Morgan fingerprint density at radius 3 is 2.95 bits per heavy atom. The number of aromatic nitrogens is 3. The summed E-state index contributed by atoms with van der Waals surface area (Å²) in [6.45, 7) is 2.12. The van der Waals surface area contributed by atoms with E-state index in [0.29, 0.717) is 24.3 Å². The van der Waals surface area contributed by atoms with Crippen LogP contribution in [0.2, 0.25) is 0 Å². The van der Waals surface area contributed by atoms with Crippen LogP contribution in [0.3, 0.4) is 0 Å². The molecule has 0 aliphatic carbocycles. The number of fused-ring (bicyclic) bond motifs is 1. The standard InChI is InChI=1S/C12H11F3N4/c13-12(14,15)8-1-2-17-10(5-8)9-6-18-19-4-3-16-7-11(9)19/h1-2,5-6,16H,3-4,7H2. The first-order valence-corrected chi connectivity index (χ1v) is 5.85. The van der Waals surface area contributed by atoms with Crippen molar-refractivity contribution in [1.29, 1.82) is 0 Å². The summed E-state index contributed by atoms with van der Waals surface area (Å²) in [6, 6.07) is 2.03. The van der Waals surface area contributed by atoms with E-state index in [-0.39, 0.29) is 0 Å². The zero-order valence-electron chi connectivity index (χ0n) is 9.91. The predicted octanol–water partition coefficient (Wildman–Crippen LogP) is 2.07. The van der Waals surface area contributed by atoms with Gasteiger partial charge in [-0.05, 0) is 12.1 Å². The van der Waals surface area contributed by atoms with Crippen LogP contribution in [0, 0.1) is 0 Å². The fourth-order valence-electron chi connectivity index (χ4n) is 2.15. The Morgan fingerprint density at radius 2 is 2.16 bits per heavy atom. The maximum atomic E-state index is 12.7. The molecule has 0 radical (unpaired) electrons. The molecule has 2 aromatic rings. The third kappa shape index (κ3) is 2.21. The van der Waals surface area contributed by atoms with E-state index in [2.05, 4.69) is 15.4 Å². The van der Waals surface area contributed by atoms with E-state index < -0.39 is 11.7 Å². The molecule has 0 aromatic carbocycles. The SMILES string of the molecule is FC(F)(F)c1ccnc(-c2cnn3c2CNCC3)c1. The Hall–Kier alpha value is -1.89. The van der Waals surface area contributed by atoms with Crippen molar-refractivity contribution in [3.05, 3.63) is 35.8 Å². The summed E-state index contributed by atoms with van der Waals surface area (Å²) < 4.78 is 39.9. The van der Waals surface area contributed by atoms with Gasteiger partial charge in [-0.3, -0.25) is 9.67 Å². The molecule has 0 unspecified atom stereocenters. The number of rotatable bonds is 1. The second kappa shape index (κ2) is 4.34. The lowest BCUT2D eigenvalue weighted by Gasteiger charge is -2.16. The first-order chi connectivity index (χ1) is 9.05. The minimum Gasteiger partial charge on any atom is -0.309 e. The largest absolute Gasteiger partial charge is 0.416 e. The first-order valence-electron chi connectivity index (χ1n) is 5.85. The first kappa shape index (κ1) is 12.2. The van der Waals surface area contributed by atoms with E-state index in [0.717, 1.165) is 24.4 Å². The van der Waals surface area contributed by atoms with Gasteiger partial charge in [-0.2, -0.15) is 18.3 Å². The molecule has 1 aliphatic rings. The highest BCUT2D eigenvalue weighted by molar-refractivity contribution is 5.62. The van der Waals surface area contributed by atoms with Crippen molar-refractivity contribution < 1.29 is 13.2 Å². The van der Waals surface area contributed by atoms with Crippen molar-refractivity contribution in [3.63, 3.8) is 0 Å². The number of halogens is 3. The molecule has 1 N–H and O–H groups in total. The van der Waals surface area contributed by atoms with Gasteiger partial charge in [0.1, 0.15) is 0 Å². The summed E-state index contributed by atoms with van der Waals surface area (Å²) in [5, 5.41) is 7.35. The second-order valence-corrected chi connectivity index (χ2v) is 4.33. The Bertz CT molecular complexity index is 603. The number of alkyl halides is 3. The van der Waals surface area contributed by atoms with E-state index in [1.54, 1.807) is 10.9 Å². The van der Waals surface area contributed by atoms with Crippen LogP contribution in [0.15, 0.2) is 24.5 Å². The highest BCUT2D eigenvalue weighted by Crippen LogP contribution is 2.32. The minimum absolute atomic E-state index is 0.305. The number of hydrogen-bond donors (Lipinski definition) is 1. The average Bonchev–Trinajstić information content (AvgIpc) is 2.82. The summed E-state index contributed by atoms with van der Waals surface area (Å²) in [7, 11) is 0. The van der Waals surface area contributed by atoms with Gasteiger partial charge in [0.2, 0.25) is 0 Å². The molecule has 2 aromatic heterocycles. The second-order valence-electron chi connectivity index (χ2n) is 4.33. The monoisotopic (exact) mass is 268 g/mol. The number of pyridine rings is 1. The van der Waals surface area contributed by atoms with Gasteiger partial charge in [-0.1, -0.05) is 0 Å². The lowest BCUT2D eigenvalue weighted by atomic mass is 10.1. The van der Waals surface area contributed by atoms with Crippen molar-refractivity contribution in [2.75, 3.05) is 6.54 Å². The molecule has 100 valence electrons. The van der Waals surface area contributed by atoms with Crippen molar-refractivity contribution in [2.45, 2.75) is 19.3 Å². The predicted molar refractivity (Wildman–Crippen MR) is 62.2 cm³/mol. The summed E-state index contributed by atoms with van der Waals surface area (Å²) in [4.78, 5) is 4.02. The van der Waals surface area contributed by atoms with Crippen LogP contribution in [0.5, 0.6) is 0 Å². The summed E-state index contributed by atoms with van der Waals surface area (Å²) in [6.07, 6.45) is -1.60. The fourth-order valence-corrected chi connectivity index (χ4v) is 2.15. The van der Waals surface area contributed by atoms with Crippen LogP contribution in [0.1, 0.15) is 11.3 Å². The van der Waals surface area contributed by atoms with Crippen LogP contribution < -0.4 is 5.32 Å². The third-order valence-electron chi connectivity index (χ3n) is 3.10. The zero-order chi connectivity index (χ0) is 13.5. The van der Waals surface area contributed by atoms with Gasteiger partial charge >= 0.3 is 6.18 Å². The Balaban J connectivity index is 2.05. The highest BCUT2D eigenvalue weighted by Gasteiger charge is 2.31. The van der Waals surface area contributed by atoms with Crippen LogP contribution in [-0.2, 0) is 19.3 Å². The van der Waals surface area contributed by atoms with Crippen LogP contribution in [0.25, 0.3) is 11.3 Å². The normalized spacial score (nSPS) is 15.3. The van der Waals surface area contributed by atoms with E-state index >= 15 is 0 Å². The molecule has 0 atom stereocenters. The fraction of sp³-hybridized carbons (Fsp3) is 0.333. The third-order valence-corrected chi connectivity index (χ3v) is 3.10. The van der Waals surface area contributed by atoms with Crippen LogP contribution >= 0.6 is 0 Å². The van der Waals surface area contributed by atoms with Gasteiger partial charge in [0, 0.05) is 24.8 Å². The van der Waals surface area contributed by atoms with E-state index in [1.807, 2.05) is 0 Å². The van der Waals surface area contributed by atoms with Gasteiger partial charge in [0.15, 0.2) is 0 Å². The molecule has 3 heterocycles. The lowest BCUT2D eigenvalue weighted by Crippen LogP contribution is -2.28. The maximum absolute atomic E-state index is 12.7. The Labute approximate surface area is 107 Å². The van der Waals surface area contributed by atoms with Gasteiger partial charge < -0.3 is 5.32 Å². The maximum Gasteiger partial charge on any atom is 0.416 e. The number of hydrogen-bond acceptors (Lipinski definition) is 3.